The van der Waals surface area contributed by atoms with Crippen molar-refractivity contribution in [1.82, 2.24) is 10.2 Å². The fourth-order valence-electron chi connectivity index (χ4n) is 1.89. The van der Waals surface area contributed by atoms with Gasteiger partial charge in [0.2, 0.25) is 6.41 Å². The molecule has 0 radical (unpaired) electrons. The van der Waals surface area contributed by atoms with Gasteiger partial charge in [-0.2, -0.15) is 0 Å². The quantitative estimate of drug-likeness (QED) is 0.556. The van der Waals surface area contributed by atoms with Gasteiger partial charge in [-0.25, -0.2) is 0 Å². The van der Waals surface area contributed by atoms with Gasteiger partial charge in [0, 0.05) is 17.5 Å². The number of nitrogens with zero attached hydrogens (tertiary/aromatic N) is 1. The average Bonchev–Trinajstić information content (AvgIpc) is 2.54. The summed E-state index contributed by atoms with van der Waals surface area (Å²) < 4.78 is 0. The summed E-state index contributed by atoms with van der Waals surface area (Å²) in [6.45, 7) is 11.0. The third-order valence-electron chi connectivity index (χ3n) is 2.78. The Morgan fingerprint density at radius 1 is 1.79 bits per heavy atom. The summed E-state index contributed by atoms with van der Waals surface area (Å²) in [5.74, 6) is 0. The number of hydrogen-bond acceptors (Lipinski definition) is 3. The minimum atomic E-state index is 0.127. The number of rotatable bonds is 3. The first-order chi connectivity index (χ1) is 6.65. The molecule has 1 amide bonds. The highest BCUT2D eigenvalue weighted by molar-refractivity contribution is 8.01. The molecule has 2 aliphatic rings. The maximum absolute atomic E-state index is 10.4. The van der Waals surface area contributed by atoms with Gasteiger partial charge in [-0.1, -0.05) is 18.7 Å². The van der Waals surface area contributed by atoms with Gasteiger partial charge >= 0.3 is 0 Å². The van der Waals surface area contributed by atoms with Gasteiger partial charge in [0.15, 0.2) is 0 Å². The zero-order valence-electron chi connectivity index (χ0n) is 8.19. The summed E-state index contributed by atoms with van der Waals surface area (Å²) in [5.41, 5.74) is 2.22. The lowest BCUT2D eigenvalue weighted by Gasteiger charge is -2.45. The van der Waals surface area contributed by atoms with Crippen LogP contribution in [0.5, 0.6) is 0 Å². The Kier molecular flexibility index (Phi) is 2.31. The zero-order chi connectivity index (χ0) is 10.3. The van der Waals surface area contributed by atoms with Crippen molar-refractivity contribution in [3.63, 3.8) is 0 Å². The van der Waals surface area contributed by atoms with E-state index in [9.17, 15) is 4.79 Å². The molecule has 0 spiro atoms. The topological polar surface area (TPSA) is 32.3 Å². The molecule has 3 atom stereocenters. The monoisotopic (exact) mass is 210 g/mol. The second kappa shape index (κ2) is 3.35. The van der Waals surface area contributed by atoms with Crippen molar-refractivity contribution >= 4 is 18.2 Å². The molecule has 0 aromatic heterocycles. The third kappa shape index (κ3) is 1.25. The Morgan fingerprint density at radius 3 is 3.07 bits per heavy atom. The molecule has 0 aromatic rings. The summed E-state index contributed by atoms with van der Waals surface area (Å²) in [4.78, 5) is 12.6. The smallest absolute Gasteiger partial charge is 0.207 e. The highest BCUT2D eigenvalue weighted by Gasteiger charge is 2.49. The fourth-order valence-corrected chi connectivity index (χ4v) is 3.47. The van der Waals surface area contributed by atoms with Crippen LogP contribution < -0.4 is 5.32 Å². The molecule has 2 heterocycles. The van der Waals surface area contributed by atoms with Gasteiger partial charge < -0.3 is 10.2 Å². The van der Waals surface area contributed by atoms with E-state index in [0.717, 1.165) is 18.7 Å². The molecule has 0 saturated carbocycles. The molecule has 2 aliphatic heterocycles. The van der Waals surface area contributed by atoms with Crippen LogP contribution in [0.1, 0.15) is 6.92 Å². The Labute approximate surface area is 88.2 Å². The molecular weight excluding hydrogens is 196 g/mol. The van der Waals surface area contributed by atoms with Crippen molar-refractivity contribution in [3.05, 3.63) is 24.4 Å². The van der Waals surface area contributed by atoms with Crippen LogP contribution in [-0.4, -0.2) is 34.5 Å². The maximum Gasteiger partial charge on any atom is 0.207 e. The lowest BCUT2D eigenvalue weighted by atomic mass is 10.0. The van der Waals surface area contributed by atoms with Crippen LogP contribution in [0.3, 0.4) is 0 Å². The van der Waals surface area contributed by atoms with Gasteiger partial charge in [0.25, 0.3) is 0 Å². The summed E-state index contributed by atoms with van der Waals surface area (Å²) in [6, 6.07) is 0.127. The van der Waals surface area contributed by atoms with E-state index in [1.165, 1.54) is 5.57 Å². The second-order valence-corrected chi connectivity index (χ2v) is 5.09. The molecule has 0 aliphatic carbocycles. The SMILES string of the molecule is C=C(C)C1CN2C(=C)[C@@H](NC=O)C2S1. The van der Waals surface area contributed by atoms with Gasteiger partial charge in [-0.05, 0) is 6.92 Å². The average molecular weight is 210 g/mol. The van der Waals surface area contributed by atoms with E-state index in [2.05, 4.69) is 30.3 Å². The molecule has 0 bridgehead atoms. The van der Waals surface area contributed by atoms with Crippen LogP contribution in [0.15, 0.2) is 24.4 Å². The van der Waals surface area contributed by atoms with Gasteiger partial charge in [0.1, 0.15) is 5.37 Å². The fraction of sp³-hybridized carbons (Fsp3) is 0.500. The van der Waals surface area contributed by atoms with Gasteiger partial charge in [-0.15, -0.1) is 11.8 Å². The van der Waals surface area contributed by atoms with Crippen molar-refractivity contribution in [2.45, 2.75) is 23.6 Å². The molecule has 76 valence electrons. The minimum absolute atomic E-state index is 0.127. The normalized spacial score (nSPS) is 34.8. The lowest BCUT2D eigenvalue weighted by molar-refractivity contribution is -0.110. The molecule has 4 heteroatoms. The van der Waals surface area contributed by atoms with Gasteiger partial charge in [-0.3, -0.25) is 4.79 Å². The van der Waals surface area contributed by atoms with Crippen LogP contribution >= 0.6 is 11.8 Å². The van der Waals surface area contributed by atoms with Crippen molar-refractivity contribution in [2.24, 2.45) is 0 Å². The van der Waals surface area contributed by atoms with E-state index in [4.69, 9.17) is 0 Å². The number of carbonyl (C=O) groups excluding carboxylic acids is 1. The van der Waals surface area contributed by atoms with Gasteiger partial charge in [0.05, 0.1) is 6.04 Å². The summed E-state index contributed by atoms with van der Waals surface area (Å²) in [6.07, 6.45) is 0.752. The number of fused-ring (bicyclic) bond motifs is 1. The standard InChI is InChI=1S/C10H14N2OS/c1-6(2)8-4-12-7(3)9(11-5-13)10(12)14-8/h5,8-10H,1,3-4H2,2H3,(H,11,13)/t8?,9-,10?/m1/s1. The largest absolute Gasteiger partial charge is 0.358 e. The molecule has 1 N–H and O–H groups in total. The minimum Gasteiger partial charge on any atom is -0.358 e. The van der Waals surface area contributed by atoms with E-state index in [1.54, 1.807) is 0 Å². The Bertz CT molecular complexity index is 302. The third-order valence-corrected chi connectivity index (χ3v) is 4.47. The first-order valence-electron chi connectivity index (χ1n) is 4.61. The van der Waals surface area contributed by atoms with E-state index >= 15 is 0 Å². The van der Waals surface area contributed by atoms with Crippen LogP contribution in [0.2, 0.25) is 0 Å². The first-order valence-corrected chi connectivity index (χ1v) is 5.55. The molecule has 2 unspecified atom stereocenters. The van der Waals surface area contributed by atoms with Crippen LogP contribution in [-0.2, 0) is 4.79 Å². The second-order valence-electron chi connectivity index (χ2n) is 3.77. The van der Waals surface area contributed by atoms with Crippen molar-refractivity contribution < 1.29 is 4.79 Å². The van der Waals surface area contributed by atoms with E-state index in [1.807, 2.05) is 11.8 Å². The summed E-state index contributed by atoms with van der Waals surface area (Å²) in [5, 5.41) is 3.64. The molecule has 0 aromatic carbocycles. The molecule has 14 heavy (non-hydrogen) atoms. The van der Waals surface area contributed by atoms with E-state index in [0.29, 0.717) is 10.6 Å². The molecule has 2 rings (SSSR count). The predicted octanol–water partition coefficient (Wildman–Crippen LogP) is 0.948. The summed E-state index contributed by atoms with van der Waals surface area (Å²) in [7, 11) is 0. The van der Waals surface area contributed by atoms with Crippen molar-refractivity contribution in [1.29, 1.82) is 0 Å². The molecule has 2 fully saturated rings. The van der Waals surface area contributed by atoms with E-state index < -0.39 is 0 Å². The highest BCUT2D eigenvalue weighted by Crippen LogP contribution is 2.46. The zero-order valence-corrected chi connectivity index (χ0v) is 9.01. The predicted molar refractivity (Wildman–Crippen MR) is 58.8 cm³/mol. The number of thioether (sulfide) groups is 1. The number of hydrogen-bond donors (Lipinski definition) is 1. The maximum atomic E-state index is 10.4. The number of nitrogens with one attached hydrogen (secondary N) is 1. The first kappa shape index (κ1) is 9.65. The Hall–Kier alpha value is -0.900. The lowest BCUT2D eigenvalue weighted by Crippen LogP contribution is -2.58. The van der Waals surface area contributed by atoms with Crippen LogP contribution in [0, 0.1) is 0 Å². The molecular formula is C10H14N2OS. The van der Waals surface area contributed by atoms with Crippen molar-refractivity contribution in [3.8, 4) is 0 Å². The number of amides is 1. The molecule has 2 saturated heterocycles. The molecule has 3 nitrogen and oxygen atoms in total. The Balaban J connectivity index is 2.03. The van der Waals surface area contributed by atoms with Crippen LogP contribution in [0.25, 0.3) is 0 Å². The number of carbonyl (C=O) groups is 1. The van der Waals surface area contributed by atoms with E-state index in [-0.39, 0.29) is 6.04 Å². The summed E-state index contributed by atoms with van der Waals surface area (Å²) >= 11 is 1.86. The van der Waals surface area contributed by atoms with Crippen molar-refractivity contribution in [2.75, 3.05) is 6.54 Å². The Morgan fingerprint density at radius 2 is 2.50 bits per heavy atom. The highest BCUT2D eigenvalue weighted by atomic mass is 32.2. The van der Waals surface area contributed by atoms with Crippen LogP contribution in [0.4, 0.5) is 0 Å².